The first kappa shape index (κ1) is 27.9. The van der Waals surface area contributed by atoms with Crippen molar-refractivity contribution in [3.8, 4) is 11.3 Å². The first-order valence-corrected chi connectivity index (χ1v) is 15.7. The Bertz CT molecular complexity index is 1860. The van der Waals surface area contributed by atoms with Crippen LogP contribution in [0.15, 0.2) is 96.2 Å². The fourth-order valence-electron chi connectivity index (χ4n) is 5.70. The van der Waals surface area contributed by atoms with Crippen molar-refractivity contribution in [1.82, 2.24) is 19.3 Å². The molecule has 3 aromatic carbocycles. The Morgan fingerprint density at radius 3 is 2.52 bits per heavy atom. The van der Waals surface area contributed by atoms with Gasteiger partial charge in [0.1, 0.15) is 5.82 Å². The summed E-state index contributed by atoms with van der Waals surface area (Å²) in [7, 11) is -3.85. The van der Waals surface area contributed by atoms with Gasteiger partial charge in [-0.15, -0.1) is 0 Å². The lowest BCUT2D eigenvalue weighted by Gasteiger charge is -2.29. The van der Waals surface area contributed by atoms with E-state index < -0.39 is 10.0 Å². The largest absolute Gasteiger partial charge is 0.399 e. The van der Waals surface area contributed by atoms with Gasteiger partial charge in [0, 0.05) is 47.1 Å². The van der Waals surface area contributed by atoms with Gasteiger partial charge in [-0.1, -0.05) is 54.4 Å². The van der Waals surface area contributed by atoms with Gasteiger partial charge < -0.3 is 11.1 Å². The number of nitrogens with one attached hydrogen (secondary N) is 1. The molecule has 1 amide bonds. The molecule has 2 unspecified atom stereocenters. The van der Waals surface area contributed by atoms with Crippen LogP contribution in [-0.4, -0.2) is 34.3 Å². The SMILES string of the molecule is Nc1ccc(C(=O)NC2CCCC(Cc3ncc(Cl)c(-c4cn(S(=O)(=O)c5ccccc5)c5ccccc45)n3)C2)cc1. The number of fused-ring (bicyclic) bond motifs is 1. The number of nitrogens with zero attached hydrogens (tertiary/aromatic N) is 3. The summed E-state index contributed by atoms with van der Waals surface area (Å²) >= 11 is 6.62. The number of carbonyl (C=O) groups excluding carboxylic acids is 1. The molecule has 0 spiro atoms. The summed E-state index contributed by atoms with van der Waals surface area (Å²) in [5.74, 6) is 0.810. The van der Waals surface area contributed by atoms with Crippen LogP contribution < -0.4 is 11.1 Å². The molecule has 10 heteroatoms. The lowest BCUT2D eigenvalue weighted by Crippen LogP contribution is -2.38. The van der Waals surface area contributed by atoms with Crippen molar-refractivity contribution in [2.24, 2.45) is 5.92 Å². The maximum atomic E-state index is 13.6. The maximum absolute atomic E-state index is 13.6. The Labute approximate surface area is 249 Å². The standard InChI is InChI=1S/C32H30ClN5O3S/c33-28-19-35-30(18-21-7-6-8-24(17-21)36-32(39)22-13-15-23(34)16-14-22)37-31(28)27-20-38(29-12-5-4-11-26(27)29)42(40,41)25-9-2-1-3-10-25/h1-5,9-16,19-21,24H,6-8,17-18,34H2,(H,36,39). The average molecular weight is 600 g/mol. The molecule has 1 aliphatic carbocycles. The number of hydrogen-bond acceptors (Lipinski definition) is 6. The molecule has 42 heavy (non-hydrogen) atoms. The van der Waals surface area contributed by atoms with Gasteiger partial charge >= 0.3 is 0 Å². The highest BCUT2D eigenvalue weighted by molar-refractivity contribution is 7.90. The average Bonchev–Trinajstić information content (AvgIpc) is 3.39. The van der Waals surface area contributed by atoms with Crippen LogP contribution in [0.2, 0.25) is 5.02 Å². The molecule has 2 heterocycles. The van der Waals surface area contributed by atoms with Crippen molar-refractivity contribution in [2.45, 2.75) is 43.0 Å². The predicted molar refractivity (Wildman–Crippen MR) is 165 cm³/mol. The molecular formula is C32H30ClN5O3S. The van der Waals surface area contributed by atoms with Gasteiger partial charge in [-0.2, -0.15) is 0 Å². The highest BCUT2D eigenvalue weighted by Gasteiger charge is 2.26. The Kier molecular flexibility index (Phi) is 7.70. The molecule has 6 rings (SSSR count). The Hall–Kier alpha value is -4.21. The van der Waals surface area contributed by atoms with Gasteiger partial charge in [0.05, 0.1) is 21.1 Å². The summed E-state index contributed by atoms with van der Waals surface area (Å²) in [5.41, 5.74) is 8.61. The van der Waals surface area contributed by atoms with E-state index in [4.69, 9.17) is 22.3 Å². The lowest BCUT2D eigenvalue weighted by atomic mass is 9.83. The highest BCUT2D eigenvalue weighted by atomic mass is 35.5. The lowest BCUT2D eigenvalue weighted by molar-refractivity contribution is 0.0919. The summed E-state index contributed by atoms with van der Waals surface area (Å²) in [5, 5.41) is 4.24. The van der Waals surface area contributed by atoms with Crippen molar-refractivity contribution in [3.63, 3.8) is 0 Å². The molecule has 5 aromatic rings. The zero-order valence-electron chi connectivity index (χ0n) is 22.8. The van der Waals surface area contributed by atoms with E-state index in [1.54, 1.807) is 73.1 Å². The molecule has 2 atom stereocenters. The van der Waals surface area contributed by atoms with Gasteiger partial charge in [0.25, 0.3) is 15.9 Å². The van der Waals surface area contributed by atoms with E-state index in [0.717, 1.165) is 31.1 Å². The van der Waals surface area contributed by atoms with Crippen LogP contribution in [0.1, 0.15) is 41.9 Å². The number of nitrogen functional groups attached to an aromatic ring is 1. The molecular weight excluding hydrogens is 570 g/mol. The van der Waals surface area contributed by atoms with Gasteiger partial charge in [-0.25, -0.2) is 22.4 Å². The third-order valence-electron chi connectivity index (χ3n) is 7.79. The van der Waals surface area contributed by atoms with Crippen LogP contribution in [-0.2, 0) is 16.4 Å². The van der Waals surface area contributed by atoms with Crippen LogP contribution in [0.5, 0.6) is 0 Å². The van der Waals surface area contributed by atoms with E-state index in [-0.39, 0.29) is 22.8 Å². The fraction of sp³-hybridized carbons (Fsp3) is 0.219. The molecule has 2 aromatic heterocycles. The smallest absolute Gasteiger partial charge is 0.268 e. The minimum absolute atomic E-state index is 0.0572. The Balaban J connectivity index is 1.25. The van der Waals surface area contributed by atoms with Crippen LogP contribution in [0.25, 0.3) is 22.2 Å². The number of nitrogens with two attached hydrogens (primary N) is 1. The number of halogens is 1. The molecule has 1 aliphatic rings. The molecule has 0 aliphatic heterocycles. The van der Waals surface area contributed by atoms with Crippen molar-refractivity contribution in [1.29, 1.82) is 0 Å². The first-order valence-electron chi connectivity index (χ1n) is 13.9. The topological polar surface area (TPSA) is 120 Å². The molecule has 214 valence electrons. The number of carbonyl (C=O) groups is 1. The van der Waals surface area contributed by atoms with Gasteiger partial charge in [0.15, 0.2) is 0 Å². The van der Waals surface area contributed by atoms with Crippen LogP contribution >= 0.6 is 11.6 Å². The van der Waals surface area contributed by atoms with Crippen LogP contribution in [0, 0.1) is 5.92 Å². The summed E-state index contributed by atoms with van der Waals surface area (Å²) < 4.78 is 28.5. The second kappa shape index (κ2) is 11.6. The number of hydrogen-bond donors (Lipinski definition) is 2. The quantitative estimate of drug-likeness (QED) is 0.218. The number of anilines is 1. The molecule has 1 saturated carbocycles. The second-order valence-electron chi connectivity index (χ2n) is 10.7. The number of aromatic nitrogens is 3. The summed E-state index contributed by atoms with van der Waals surface area (Å²) in [6.07, 6.45) is 7.52. The minimum Gasteiger partial charge on any atom is -0.399 e. The zero-order valence-corrected chi connectivity index (χ0v) is 24.4. The van der Waals surface area contributed by atoms with E-state index in [1.165, 1.54) is 3.97 Å². The number of benzene rings is 3. The van der Waals surface area contributed by atoms with Crippen LogP contribution in [0.4, 0.5) is 5.69 Å². The normalized spacial score (nSPS) is 17.3. The predicted octanol–water partition coefficient (Wildman–Crippen LogP) is 6.10. The third-order valence-corrected chi connectivity index (χ3v) is 9.75. The Morgan fingerprint density at radius 2 is 1.74 bits per heavy atom. The van der Waals surface area contributed by atoms with E-state index in [2.05, 4.69) is 10.3 Å². The number of rotatable bonds is 7. The summed E-state index contributed by atoms with van der Waals surface area (Å²) in [4.78, 5) is 22.3. The summed E-state index contributed by atoms with van der Waals surface area (Å²) in [6, 6.07) is 22.6. The van der Waals surface area contributed by atoms with Gasteiger partial charge in [0.2, 0.25) is 0 Å². The number of amides is 1. The van der Waals surface area contributed by atoms with Gasteiger partial charge in [-0.3, -0.25) is 4.79 Å². The van der Waals surface area contributed by atoms with Gasteiger partial charge in [-0.05, 0) is 67.6 Å². The monoisotopic (exact) mass is 599 g/mol. The molecule has 8 nitrogen and oxygen atoms in total. The summed E-state index contributed by atoms with van der Waals surface area (Å²) in [6.45, 7) is 0. The first-order chi connectivity index (χ1) is 20.3. The van der Waals surface area contributed by atoms with Crippen molar-refractivity contribution >= 4 is 44.1 Å². The minimum atomic E-state index is -3.85. The number of para-hydroxylation sites is 1. The zero-order chi connectivity index (χ0) is 29.3. The molecule has 0 saturated heterocycles. The van der Waals surface area contributed by atoms with Crippen molar-refractivity contribution < 1.29 is 13.2 Å². The second-order valence-corrected chi connectivity index (χ2v) is 12.9. The Morgan fingerprint density at radius 1 is 1.00 bits per heavy atom. The van der Waals surface area contributed by atoms with E-state index in [0.29, 0.717) is 45.3 Å². The highest BCUT2D eigenvalue weighted by Crippen LogP contribution is 2.36. The van der Waals surface area contributed by atoms with Crippen molar-refractivity contribution in [2.75, 3.05) is 5.73 Å². The third kappa shape index (κ3) is 5.62. The molecule has 0 radical (unpaired) electrons. The molecule has 3 N–H and O–H groups in total. The molecule has 1 fully saturated rings. The molecule has 0 bridgehead atoms. The fourth-order valence-corrected chi connectivity index (χ4v) is 7.29. The van der Waals surface area contributed by atoms with E-state index in [1.807, 2.05) is 18.2 Å². The van der Waals surface area contributed by atoms with E-state index >= 15 is 0 Å². The van der Waals surface area contributed by atoms with E-state index in [9.17, 15) is 13.2 Å². The maximum Gasteiger partial charge on any atom is 0.268 e. The van der Waals surface area contributed by atoms with Crippen LogP contribution in [0.3, 0.4) is 0 Å². The van der Waals surface area contributed by atoms with Crippen molar-refractivity contribution in [3.05, 3.63) is 108 Å².